The van der Waals surface area contributed by atoms with Crippen LogP contribution in [-0.2, 0) is 9.47 Å². The van der Waals surface area contributed by atoms with Crippen molar-refractivity contribution >= 4 is 24.0 Å². The molecule has 4 amide bonds. The van der Waals surface area contributed by atoms with Crippen LogP contribution in [0.3, 0.4) is 0 Å². The molecule has 1 aromatic carbocycles. The fourth-order valence-corrected chi connectivity index (χ4v) is 3.16. The Balaban J connectivity index is 2.08. The van der Waals surface area contributed by atoms with Crippen LogP contribution in [-0.4, -0.2) is 70.4 Å². The topological polar surface area (TPSA) is 134 Å². The van der Waals surface area contributed by atoms with Crippen LogP contribution in [0.5, 0.6) is 0 Å². The van der Waals surface area contributed by atoms with E-state index in [9.17, 15) is 24.3 Å². The number of nitrogens with zero attached hydrogens (tertiary/aromatic N) is 1. The van der Waals surface area contributed by atoms with Crippen LogP contribution in [0.15, 0.2) is 24.3 Å². The molecule has 1 aliphatic heterocycles. The molecule has 0 aliphatic carbocycles. The monoisotopic (exact) mass is 463 g/mol. The summed E-state index contributed by atoms with van der Waals surface area (Å²) in [5.74, 6) is -1.02. The molecule has 0 saturated carbocycles. The summed E-state index contributed by atoms with van der Waals surface area (Å²) in [6.45, 7) is 10.0. The molecule has 10 nitrogen and oxygen atoms in total. The number of imide groups is 1. The number of amides is 4. The number of nitrogens with one attached hydrogen (secondary N) is 2. The number of hydrogen-bond donors (Lipinski definition) is 3. The van der Waals surface area contributed by atoms with Gasteiger partial charge >= 0.3 is 12.2 Å². The largest absolute Gasteiger partial charge is 0.444 e. The molecule has 0 bridgehead atoms. The molecule has 0 aromatic heterocycles. The van der Waals surface area contributed by atoms with Crippen molar-refractivity contribution in [3.05, 3.63) is 35.4 Å². The van der Waals surface area contributed by atoms with Crippen molar-refractivity contribution in [1.29, 1.82) is 0 Å². The lowest BCUT2D eigenvalue weighted by atomic mass is 10.1. The number of aliphatic hydroxyl groups is 1. The molecule has 0 fully saturated rings. The van der Waals surface area contributed by atoms with E-state index in [4.69, 9.17) is 9.47 Å². The van der Waals surface area contributed by atoms with Crippen molar-refractivity contribution < 1.29 is 33.8 Å². The Morgan fingerprint density at radius 1 is 0.939 bits per heavy atom. The maximum atomic E-state index is 12.7. The molecular weight excluding hydrogens is 430 g/mol. The lowest BCUT2D eigenvalue weighted by Gasteiger charge is -2.29. The second-order valence-electron chi connectivity index (χ2n) is 9.80. The van der Waals surface area contributed by atoms with Crippen molar-refractivity contribution in [1.82, 2.24) is 15.5 Å². The fraction of sp³-hybridized carbons (Fsp3) is 0.565. The Kier molecular flexibility index (Phi) is 8.07. The van der Waals surface area contributed by atoms with Crippen molar-refractivity contribution in [3.8, 4) is 0 Å². The Morgan fingerprint density at radius 2 is 1.42 bits per heavy atom. The zero-order valence-electron chi connectivity index (χ0n) is 19.9. The number of ether oxygens (including phenoxy) is 2. The highest BCUT2D eigenvalue weighted by Crippen LogP contribution is 2.23. The van der Waals surface area contributed by atoms with Gasteiger partial charge in [-0.05, 0) is 60.1 Å². The number of hydrogen-bond acceptors (Lipinski definition) is 7. The third kappa shape index (κ3) is 7.74. The average molecular weight is 464 g/mol. The summed E-state index contributed by atoms with van der Waals surface area (Å²) >= 11 is 0. The molecule has 1 aromatic rings. The highest BCUT2D eigenvalue weighted by atomic mass is 16.6. The van der Waals surface area contributed by atoms with Gasteiger partial charge in [-0.25, -0.2) is 9.59 Å². The summed E-state index contributed by atoms with van der Waals surface area (Å²) in [6, 6.07) is 5.38. The number of rotatable bonds is 7. The Hall–Kier alpha value is -3.14. The Bertz CT molecular complexity index is 867. The average Bonchev–Trinajstić information content (AvgIpc) is 2.89. The third-order valence-electron chi connectivity index (χ3n) is 4.53. The normalized spacial score (nSPS) is 15.5. The van der Waals surface area contributed by atoms with Crippen LogP contribution in [0.1, 0.15) is 68.7 Å². The van der Waals surface area contributed by atoms with Crippen LogP contribution >= 0.6 is 0 Å². The lowest BCUT2D eigenvalue weighted by molar-refractivity contribution is 0.0336. The van der Waals surface area contributed by atoms with Crippen LogP contribution < -0.4 is 10.6 Å². The first-order valence-corrected chi connectivity index (χ1v) is 10.8. The minimum Gasteiger partial charge on any atom is -0.444 e. The highest BCUT2D eigenvalue weighted by molar-refractivity contribution is 6.21. The van der Waals surface area contributed by atoms with Gasteiger partial charge in [0.2, 0.25) is 0 Å². The Labute approximate surface area is 193 Å². The summed E-state index contributed by atoms with van der Waals surface area (Å²) < 4.78 is 10.4. The molecule has 2 unspecified atom stereocenters. The van der Waals surface area contributed by atoms with E-state index in [1.165, 1.54) is 0 Å². The molecule has 182 valence electrons. The summed E-state index contributed by atoms with van der Waals surface area (Å²) in [6.07, 6.45) is -2.62. The zero-order chi connectivity index (χ0) is 25.0. The van der Waals surface area contributed by atoms with E-state index in [1.54, 1.807) is 65.8 Å². The van der Waals surface area contributed by atoms with Crippen LogP contribution in [0.25, 0.3) is 0 Å². The second kappa shape index (κ2) is 10.2. The number of benzene rings is 1. The molecule has 3 N–H and O–H groups in total. The van der Waals surface area contributed by atoms with Gasteiger partial charge in [-0.2, -0.15) is 0 Å². The lowest BCUT2D eigenvalue weighted by Crippen LogP contribution is -2.53. The SMILES string of the molecule is CC(C)(C)OC(=O)NCCC(O)C(CN1C(=O)c2ccccc2C1=O)NC(=O)OC(C)(C)C. The molecule has 10 heteroatoms. The van der Waals surface area contributed by atoms with Crippen molar-refractivity contribution in [2.24, 2.45) is 0 Å². The molecule has 33 heavy (non-hydrogen) atoms. The standard InChI is InChI=1S/C23H33N3O7/c1-22(2,3)32-20(30)24-12-11-17(27)16(25-21(31)33-23(4,5)6)13-26-18(28)14-9-7-8-10-15(14)19(26)29/h7-10,16-17,27H,11-13H2,1-6H3,(H,24,30)(H,25,31). The van der Waals surface area contributed by atoms with E-state index in [-0.39, 0.29) is 30.6 Å². The van der Waals surface area contributed by atoms with E-state index in [1.807, 2.05) is 0 Å². The van der Waals surface area contributed by atoms with Gasteiger partial charge in [0.05, 0.1) is 29.8 Å². The molecule has 1 aliphatic rings. The van der Waals surface area contributed by atoms with Gasteiger partial charge in [0.1, 0.15) is 11.2 Å². The van der Waals surface area contributed by atoms with E-state index in [2.05, 4.69) is 10.6 Å². The van der Waals surface area contributed by atoms with Gasteiger partial charge in [0, 0.05) is 6.54 Å². The first kappa shape index (κ1) is 26.1. The van der Waals surface area contributed by atoms with Crippen molar-refractivity contribution in [2.75, 3.05) is 13.1 Å². The number of fused-ring (bicyclic) bond motifs is 1. The van der Waals surface area contributed by atoms with Gasteiger partial charge in [0.15, 0.2) is 0 Å². The predicted molar refractivity (Wildman–Crippen MR) is 120 cm³/mol. The number of carbonyl (C=O) groups is 4. The molecule has 2 rings (SSSR count). The van der Waals surface area contributed by atoms with Crippen LogP contribution in [0.2, 0.25) is 0 Å². The highest BCUT2D eigenvalue weighted by Gasteiger charge is 2.38. The number of alkyl carbamates (subject to hydrolysis) is 2. The maximum absolute atomic E-state index is 12.7. The third-order valence-corrected chi connectivity index (χ3v) is 4.53. The number of aliphatic hydroxyl groups excluding tert-OH is 1. The minimum atomic E-state index is -1.20. The van der Waals surface area contributed by atoms with Gasteiger partial charge in [-0.1, -0.05) is 12.1 Å². The van der Waals surface area contributed by atoms with Gasteiger partial charge in [-0.15, -0.1) is 0 Å². The summed E-state index contributed by atoms with van der Waals surface area (Å²) in [7, 11) is 0. The second-order valence-corrected chi connectivity index (χ2v) is 9.80. The van der Waals surface area contributed by atoms with E-state index < -0.39 is 47.3 Å². The van der Waals surface area contributed by atoms with E-state index in [0.29, 0.717) is 0 Å². The fourth-order valence-electron chi connectivity index (χ4n) is 3.16. The molecule has 0 radical (unpaired) electrons. The molecule has 2 atom stereocenters. The van der Waals surface area contributed by atoms with Crippen LogP contribution in [0.4, 0.5) is 9.59 Å². The van der Waals surface area contributed by atoms with Gasteiger partial charge < -0.3 is 25.2 Å². The number of carbonyl (C=O) groups excluding carboxylic acids is 4. The first-order valence-electron chi connectivity index (χ1n) is 10.8. The predicted octanol–water partition coefficient (Wildman–Crippen LogP) is 2.45. The molecule has 1 heterocycles. The van der Waals surface area contributed by atoms with Crippen molar-refractivity contribution in [2.45, 2.75) is 71.3 Å². The maximum Gasteiger partial charge on any atom is 0.408 e. The minimum absolute atomic E-state index is 0.0306. The quantitative estimate of drug-likeness (QED) is 0.529. The zero-order valence-corrected chi connectivity index (χ0v) is 19.9. The summed E-state index contributed by atoms with van der Waals surface area (Å²) in [5.41, 5.74) is -0.929. The smallest absolute Gasteiger partial charge is 0.408 e. The molecule has 0 saturated heterocycles. The van der Waals surface area contributed by atoms with Gasteiger partial charge in [0.25, 0.3) is 11.8 Å². The Morgan fingerprint density at radius 3 is 1.91 bits per heavy atom. The summed E-state index contributed by atoms with van der Waals surface area (Å²) in [4.78, 5) is 50.6. The first-order chi connectivity index (χ1) is 15.2. The van der Waals surface area contributed by atoms with E-state index in [0.717, 1.165) is 4.90 Å². The van der Waals surface area contributed by atoms with Crippen molar-refractivity contribution in [3.63, 3.8) is 0 Å². The summed E-state index contributed by atoms with van der Waals surface area (Å²) in [5, 5.41) is 15.8. The van der Waals surface area contributed by atoms with Crippen LogP contribution in [0, 0.1) is 0 Å². The van der Waals surface area contributed by atoms with Gasteiger partial charge in [-0.3, -0.25) is 14.5 Å². The van der Waals surface area contributed by atoms with E-state index >= 15 is 0 Å². The molecule has 0 spiro atoms. The molecular formula is C23H33N3O7.